The Balaban J connectivity index is 2.16. The number of hydrogen-bond acceptors (Lipinski definition) is 2. The quantitative estimate of drug-likeness (QED) is 0.261. The minimum atomic E-state index is -1.45. The Morgan fingerprint density at radius 2 is 1.08 bits per heavy atom. The van der Waals surface area contributed by atoms with Crippen LogP contribution in [0.4, 0.5) is 0 Å². The van der Waals surface area contributed by atoms with Gasteiger partial charge in [-0.15, -0.1) is 0 Å². The van der Waals surface area contributed by atoms with Crippen molar-refractivity contribution in [1.82, 2.24) is 10.6 Å². The summed E-state index contributed by atoms with van der Waals surface area (Å²) in [6, 6.07) is 5.59. The van der Waals surface area contributed by atoms with E-state index in [0.29, 0.717) is 10.3 Å². The molecule has 2 aliphatic rings. The Morgan fingerprint density at radius 1 is 0.694 bits per heavy atom. The summed E-state index contributed by atoms with van der Waals surface area (Å²) in [6.07, 6.45) is 5.42. The first-order valence-electron chi connectivity index (χ1n) is 14.5. The van der Waals surface area contributed by atoms with Gasteiger partial charge in [-0.25, -0.2) is 0 Å². The zero-order valence-electron chi connectivity index (χ0n) is 25.9. The molecule has 0 radical (unpaired) electrons. The average molecular weight is 565 g/mol. The second-order valence-electron chi connectivity index (χ2n) is 15.6. The maximum Gasteiger partial charge on any atom is 0.0774 e. The van der Waals surface area contributed by atoms with Crippen LogP contribution in [0, 0.1) is 0 Å². The van der Waals surface area contributed by atoms with Crippen LogP contribution in [-0.4, -0.2) is 64.0 Å². The van der Waals surface area contributed by atoms with Crippen LogP contribution in [0.5, 0.6) is 0 Å². The predicted molar refractivity (Wildman–Crippen MR) is 176 cm³/mol. The van der Waals surface area contributed by atoms with Gasteiger partial charge >= 0.3 is 0 Å². The Labute approximate surface area is 229 Å². The molecule has 0 spiro atoms. The predicted octanol–water partition coefficient (Wildman–Crippen LogP) is 7.06. The Kier molecular flexibility index (Phi) is 9.90. The van der Waals surface area contributed by atoms with Crippen molar-refractivity contribution in [3.8, 4) is 0 Å². The van der Waals surface area contributed by atoms with Crippen LogP contribution < -0.4 is 21.0 Å². The van der Waals surface area contributed by atoms with Crippen LogP contribution in [-0.2, 0) is 12.3 Å². The van der Waals surface area contributed by atoms with Crippen molar-refractivity contribution in [3.63, 3.8) is 0 Å². The maximum absolute atomic E-state index is 3.72. The van der Waals surface area contributed by atoms with Gasteiger partial charge in [-0.3, -0.25) is 0 Å². The van der Waals surface area contributed by atoms with E-state index < -0.39 is 16.1 Å². The third kappa shape index (κ3) is 7.76. The fourth-order valence-corrected chi connectivity index (χ4v) is 18.7. The summed E-state index contributed by atoms with van der Waals surface area (Å²) in [7, 11) is -3.07. The lowest BCUT2D eigenvalue weighted by molar-refractivity contribution is 0.702. The van der Waals surface area contributed by atoms with Crippen molar-refractivity contribution in [2.75, 3.05) is 26.2 Å². The van der Waals surface area contributed by atoms with Crippen LogP contribution in [0.15, 0.2) is 12.1 Å². The molecular formula is C30H58N2P2Si2. The van der Waals surface area contributed by atoms with Gasteiger partial charge in [0.15, 0.2) is 0 Å². The molecule has 6 heteroatoms. The van der Waals surface area contributed by atoms with E-state index in [1.54, 1.807) is 21.5 Å². The van der Waals surface area contributed by atoms with Crippen molar-refractivity contribution in [3.05, 3.63) is 23.3 Å². The molecule has 1 aromatic rings. The smallest absolute Gasteiger partial charge is 0.0774 e. The van der Waals surface area contributed by atoms with E-state index >= 15 is 0 Å². The zero-order valence-corrected chi connectivity index (χ0v) is 29.6. The summed E-state index contributed by atoms with van der Waals surface area (Å²) >= 11 is 0. The van der Waals surface area contributed by atoms with Crippen LogP contribution in [0.3, 0.4) is 0 Å². The first kappa shape index (κ1) is 31.0. The van der Waals surface area contributed by atoms with Gasteiger partial charge in [0.05, 0.1) is 16.1 Å². The van der Waals surface area contributed by atoms with Crippen molar-refractivity contribution < 1.29 is 0 Å². The highest BCUT2D eigenvalue weighted by Crippen LogP contribution is 2.62. The number of rotatable bonds is 8. The summed E-state index contributed by atoms with van der Waals surface area (Å²) in [6.45, 7) is 35.4. The molecule has 0 saturated carbocycles. The molecule has 2 saturated heterocycles. The Hall–Kier alpha value is 0.434. The highest BCUT2D eigenvalue weighted by atomic mass is 31.1. The molecule has 0 bridgehead atoms. The molecule has 2 nitrogen and oxygen atoms in total. The molecule has 0 aliphatic carbocycles. The molecule has 2 atom stereocenters. The number of benzene rings is 1. The van der Waals surface area contributed by atoms with Crippen molar-refractivity contribution in [1.29, 1.82) is 0 Å². The van der Waals surface area contributed by atoms with Gasteiger partial charge in [0.1, 0.15) is 0 Å². The summed E-state index contributed by atoms with van der Waals surface area (Å²) in [5, 5.41) is 11.7. The van der Waals surface area contributed by atoms with E-state index in [2.05, 4.69) is 104 Å². The van der Waals surface area contributed by atoms with Crippen LogP contribution in [0.1, 0.15) is 65.5 Å². The lowest BCUT2D eigenvalue weighted by Gasteiger charge is -2.43. The van der Waals surface area contributed by atoms with Crippen molar-refractivity contribution >= 4 is 42.4 Å². The monoisotopic (exact) mass is 564 g/mol. The molecular weight excluding hydrogens is 506 g/mol. The maximum atomic E-state index is 3.72. The minimum absolute atomic E-state index is 0.0136. The van der Waals surface area contributed by atoms with Gasteiger partial charge < -0.3 is 10.6 Å². The third-order valence-electron chi connectivity index (χ3n) is 8.26. The lowest BCUT2D eigenvalue weighted by Crippen LogP contribution is -2.56. The van der Waals surface area contributed by atoms with Crippen LogP contribution >= 0.6 is 15.8 Å². The Bertz CT molecular complexity index is 848. The number of hydrogen-bond donors (Lipinski definition) is 2. The van der Waals surface area contributed by atoms with Gasteiger partial charge in [-0.1, -0.05) is 119 Å². The van der Waals surface area contributed by atoms with E-state index in [1.807, 2.05) is 0 Å². The minimum Gasteiger partial charge on any atom is -0.316 e. The largest absolute Gasteiger partial charge is 0.316 e. The average Bonchev–Trinajstić information content (AvgIpc) is 3.41. The van der Waals surface area contributed by atoms with Crippen LogP contribution in [0.25, 0.3) is 0 Å². The normalized spacial score (nSPS) is 23.0. The highest BCUT2D eigenvalue weighted by molar-refractivity contribution is 7.60. The van der Waals surface area contributed by atoms with Gasteiger partial charge in [0.25, 0.3) is 0 Å². The molecule has 3 rings (SSSR count). The van der Waals surface area contributed by atoms with Crippen molar-refractivity contribution in [2.24, 2.45) is 0 Å². The standard InChI is InChI=1S/C30H58N2P2Si2/c1-29(2,3)34(30(4,5)6)22-24-18-28(36(10,11)12)27(35(7,8)9)17-23(24)21-33(25-13-15-31-19-25)26-14-16-32-20-26/h17-18,25-26,31-32H,13-16,19-22H2,1-12H3. The summed E-state index contributed by atoms with van der Waals surface area (Å²) in [5.74, 6) is 0. The summed E-state index contributed by atoms with van der Waals surface area (Å²) < 4.78 is 0. The molecule has 1 aromatic carbocycles. The van der Waals surface area contributed by atoms with E-state index in [4.69, 9.17) is 0 Å². The molecule has 0 aromatic heterocycles. The van der Waals surface area contributed by atoms with E-state index in [0.717, 1.165) is 11.3 Å². The lowest BCUT2D eigenvalue weighted by atomic mass is 10.1. The SMILES string of the molecule is CC(C)(C)P(Cc1cc([Si](C)(C)C)c([Si](C)(C)C)cc1CP(C1CCNC1)C1CCNC1)C(C)(C)C. The van der Waals surface area contributed by atoms with E-state index in [1.165, 1.54) is 51.3 Å². The second-order valence-corrected chi connectivity index (χ2v) is 32.3. The molecule has 36 heavy (non-hydrogen) atoms. The van der Waals surface area contributed by atoms with E-state index in [-0.39, 0.29) is 15.8 Å². The number of nitrogens with one attached hydrogen (secondary N) is 2. The molecule has 2 fully saturated rings. The summed E-state index contributed by atoms with van der Waals surface area (Å²) in [4.78, 5) is 0. The highest BCUT2D eigenvalue weighted by Gasteiger charge is 2.38. The Morgan fingerprint density at radius 3 is 1.39 bits per heavy atom. The van der Waals surface area contributed by atoms with Gasteiger partial charge in [0, 0.05) is 13.1 Å². The fourth-order valence-electron chi connectivity index (χ4n) is 6.47. The van der Waals surface area contributed by atoms with Gasteiger partial charge in [0.2, 0.25) is 0 Å². The van der Waals surface area contributed by atoms with E-state index in [9.17, 15) is 0 Å². The zero-order chi connectivity index (χ0) is 27.1. The molecule has 2 N–H and O–H groups in total. The topological polar surface area (TPSA) is 24.1 Å². The van der Waals surface area contributed by atoms with Gasteiger partial charge in [-0.2, -0.15) is 0 Å². The van der Waals surface area contributed by atoms with Crippen LogP contribution in [0.2, 0.25) is 39.3 Å². The molecule has 206 valence electrons. The first-order chi connectivity index (χ1) is 16.4. The molecule has 2 aliphatic heterocycles. The fraction of sp³-hybridized carbons (Fsp3) is 0.800. The second kappa shape index (κ2) is 11.5. The third-order valence-corrected chi connectivity index (χ3v) is 19.9. The summed E-state index contributed by atoms with van der Waals surface area (Å²) in [5.41, 5.74) is 5.28. The first-order valence-corrected chi connectivity index (χ1v) is 24.7. The molecule has 2 unspecified atom stereocenters. The molecule has 2 heterocycles. The van der Waals surface area contributed by atoms with Crippen molar-refractivity contribution in [2.45, 2.75) is 128 Å². The molecule has 0 amide bonds. The van der Waals surface area contributed by atoms with Gasteiger partial charge in [-0.05, 0) is 71.0 Å².